The van der Waals surface area contributed by atoms with Gasteiger partial charge in [-0.1, -0.05) is 0 Å². The first kappa shape index (κ1) is 8.49. The minimum absolute atomic E-state index is 0.181. The van der Waals surface area contributed by atoms with E-state index in [1.54, 1.807) is 0 Å². The number of hydrogen-bond donors (Lipinski definition) is 0. The van der Waals surface area contributed by atoms with Crippen LogP contribution in [0.25, 0.3) is 0 Å². The van der Waals surface area contributed by atoms with E-state index in [1.807, 2.05) is 0 Å². The number of rotatable bonds is 2. The molecule has 1 aliphatic rings. The standard InChI is InChI=1S/C7H12O4/c1-9-7(10-2)3-4-11-6(8)5-7/h3-5H2,1-2H3. The van der Waals surface area contributed by atoms with Crippen LogP contribution in [0.5, 0.6) is 0 Å². The van der Waals surface area contributed by atoms with Crippen LogP contribution in [0.15, 0.2) is 0 Å². The quantitative estimate of drug-likeness (QED) is 0.431. The first-order valence-electron chi connectivity index (χ1n) is 3.48. The summed E-state index contributed by atoms with van der Waals surface area (Å²) in [6.07, 6.45) is 0.783. The second-order valence-corrected chi connectivity index (χ2v) is 2.47. The fourth-order valence-corrected chi connectivity index (χ4v) is 1.11. The summed E-state index contributed by atoms with van der Waals surface area (Å²) in [4.78, 5) is 10.8. The number of methoxy groups -OCH3 is 2. The number of carbonyl (C=O) groups excluding carboxylic acids is 1. The average Bonchev–Trinajstić information content (AvgIpc) is 2.04. The molecule has 0 saturated carbocycles. The van der Waals surface area contributed by atoms with Gasteiger partial charge in [0.1, 0.15) is 0 Å². The highest BCUT2D eigenvalue weighted by Gasteiger charge is 2.37. The Labute approximate surface area is 65.4 Å². The third kappa shape index (κ3) is 1.70. The van der Waals surface area contributed by atoms with Crippen molar-refractivity contribution in [2.45, 2.75) is 18.6 Å². The Morgan fingerprint density at radius 3 is 2.45 bits per heavy atom. The van der Waals surface area contributed by atoms with Crippen molar-refractivity contribution < 1.29 is 19.0 Å². The fraction of sp³-hybridized carbons (Fsp3) is 0.857. The molecule has 11 heavy (non-hydrogen) atoms. The van der Waals surface area contributed by atoms with Gasteiger partial charge in [-0.3, -0.25) is 4.79 Å². The lowest BCUT2D eigenvalue weighted by Gasteiger charge is -2.32. The molecule has 1 aliphatic heterocycles. The van der Waals surface area contributed by atoms with Crippen LogP contribution in [-0.4, -0.2) is 32.6 Å². The molecular weight excluding hydrogens is 148 g/mol. The van der Waals surface area contributed by atoms with E-state index in [0.29, 0.717) is 13.0 Å². The molecule has 1 heterocycles. The Kier molecular flexibility index (Phi) is 2.46. The fourth-order valence-electron chi connectivity index (χ4n) is 1.11. The Morgan fingerprint density at radius 2 is 2.09 bits per heavy atom. The molecule has 0 spiro atoms. The van der Waals surface area contributed by atoms with Crippen molar-refractivity contribution in [3.8, 4) is 0 Å². The summed E-state index contributed by atoms with van der Waals surface area (Å²) in [6, 6.07) is 0. The van der Waals surface area contributed by atoms with Crippen molar-refractivity contribution in [2.24, 2.45) is 0 Å². The summed E-state index contributed by atoms with van der Waals surface area (Å²) in [5.41, 5.74) is 0. The number of hydrogen-bond acceptors (Lipinski definition) is 4. The highest BCUT2D eigenvalue weighted by atomic mass is 16.7. The van der Waals surface area contributed by atoms with E-state index in [9.17, 15) is 4.79 Å². The van der Waals surface area contributed by atoms with Crippen molar-refractivity contribution in [1.82, 2.24) is 0 Å². The Hall–Kier alpha value is -0.610. The molecule has 64 valence electrons. The zero-order valence-electron chi connectivity index (χ0n) is 6.75. The van der Waals surface area contributed by atoms with Crippen LogP contribution in [-0.2, 0) is 19.0 Å². The van der Waals surface area contributed by atoms with Crippen LogP contribution in [0.2, 0.25) is 0 Å². The van der Waals surface area contributed by atoms with E-state index in [-0.39, 0.29) is 12.4 Å². The van der Waals surface area contributed by atoms with E-state index < -0.39 is 5.79 Å². The third-order valence-corrected chi connectivity index (χ3v) is 1.90. The van der Waals surface area contributed by atoms with Gasteiger partial charge >= 0.3 is 5.97 Å². The first-order valence-corrected chi connectivity index (χ1v) is 3.48. The molecule has 0 amide bonds. The largest absolute Gasteiger partial charge is 0.465 e. The normalized spacial score (nSPS) is 22.9. The van der Waals surface area contributed by atoms with Crippen LogP contribution < -0.4 is 0 Å². The second kappa shape index (κ2) is 3.19. The van der Waals surface area contributed by atoms with Gasteiger partial charge in [0.25, 0.3) is 0 Å². The van der Waals surface area contributed by atoms with Gasteiger partial charge in [0.2, 0.25) is 0 Å². The van der Waals surface area contributed by atoms with Gasteiger partial charge in [-0.05, 0) is 0 Å². The molecule has 4 nitrogen and oxygen atoms in total. The summed E-state index contributed by atoms with van der Waals surface area (Å²) in [5.74, 6) is -1.00. The monoisotopic (exact) mass is 160 g/mol. The first-order chi connectivity index (χ1) is 5.22. The Balaban J connectivity index is 2.59. The molecule has 0 aromatic heterocycles. The second-order valence-electron chi connectivity index (χ2n) is 2.47. The van der Waals surface area contributed by atoms with Crippen molar-refractivity contribution >= 4 is 5.97 Å². The van der Waals surface area contributed by atoms with E-state index in [2.05, 4.69) is 0 Å². The molecule has 1 fully saturated rings. The van der Waals surface area contributed by atoms with Crippen LogP contribution in [0.3, 0.4) is 0 Å². The van der Waals surface area contributed by atoms with Gasteiger partial charge in [-0.2, -0.15) is 0 Å². The zero-order valence-corrected chi connectivity index (χ0v) is 6.75. The molecule has 0 bridgehead atoms. The molecule has 1 rings (SSSR count). The molecule has 0 aromatic rings. The van der Waals surface area contributed by atoms with Gasteiger partial charge in [-0.25, -0.2) is 0 Å². The maximum Gasteiger partial charge on any atom is 0.311 e. The average molecular weight is 160 g/mol. The molecule has 0 unspecified atom stereocenters. The highest BCUT2D eigenvalue weighted by Crippen LogP contribution is 2.25. The lowest BCUT2D eigenvalue weighted by Crippen LogP contribution is -2.42. The van der Waals surface area contributed by atoms with Crippen LogP contribution in [0.4, 0.5) is 0 Å². The van der Waals surface area contributed by atoms with E-state index in [4.69, 9.17) is 14.2 Å². The van der Waals surface area contributed by atoms with Gasteiger partial charge in [0.15, 0.2) is 5.79 Å². The highest BCUT2D eigenvalue weighted by molar-refractivity contribution is 5.71. The SMILES string of the molecule is COC1(OC)CCOC(=O)C1. The predicted octanol–water partition coefficient (Wildman–Crippen LogP) is 0.312. The van der Waals surface area contributed by atoms with Gasteiger partial charge in [-0.15, -0.1) is 0 Å². The van der Waals surface area contributed by atoms with E-state index >= 15 is 0 Å². The van der Waals surface area contributed by atoms with Crippen LogP contribution in [0.1, 0.15) is 12.8 Å². The smallest absolute Gasteiger partial charge is 0.311 e. The van der Waals surface area contributed by atoms with Gasteiger partial charge in [0.05, 0.1) is 13.0 Å². The zero-order chi connectivity index (χ0) is 8.32. The maximum atomic E-state index is 10.8. The molecule has 0 N–H and O–H groups in total. The third-order valence-electron chi connectivity index (χ3n) is 1.90. The molecule has 0 atom stereocenters. The minimum Gasteiger partial charge on any atom is -0.465 e. The predicted molar refractivity (Wildman–Crippen MR) is 36.9 cm³/mol. The van der Waals surface area contributed by atoms with E-state index in [1.165, 1.54) is 14.2 Å². The maximum absolute atomic E-state index is 10.8. The van der Waals surface area contributed by atoms with E-state index in [0.717, 1.165) is 0 Å². The van der Waals surface area contributed by atoms with Crippen molar-refractivity contribution in [1.29, 1.82) is 0 Å². The summed E-state index contributed by atoms with van der Waals surface area (Å²) in [5, 5.41) is 0. The summed E-state index contributed by atoms with van der Waals surface area (Å²) >= 11 is 0. The summed E-state index contributed by atoms with van der Waals surface area (Å²) < 4.78 is 14.9. The number of esters is 1. The van der Waals surface area contributed by atoms with Crippen LogP contribution >= 0.6 is 0 Å². The molecule has 1 saturated heterocycles. The lowest BCUT2D eigenvalue weighted by atomic mass is 10.1. The van der Waals surface area contributed by atoms with Gasteiger partial charge in [0, 0.05) is 20.6 Å². The lowest BCUT2D eigenvalue weighted by molar-refractivity contribution is -0.238. The topological polar surface area (TPSA) is 44.8 Å². The number of carbonyl (C=O) groups is 1. The molecule has 0 aliphatic carbocycles. The molecule has 4 heteroatoms. The molecule has 0 aromatic carbocycles. The molecular formula is C7H12O4. The number of cyclic esters (lactones) is 1. The van der Waals surface area contributed by atoms with Crippen molar-refractivity contribution in [3.63, 3.8) is 0 Å². The minimum atomic E-state index is -0.741. The summed E-state index contributed by atoms with van der Waals surface area (Å²) in [6.45, 7) is 0.376. The Bertz CT molecular complexity index is 151. The number of ether oxygens (including phenoxy) is 3. The van der Waals surface area contributed by atoms with Crippen molar-refractivity contribution in [2.75, 3.05) is 20.8 Å². The Morgan fingerprint density at radius 1 is 1.45 bits per heavy atom. The summed E-state index contributed by atoms with van der Waals surface area (Å²) in [7, 11) is 3.06. The van der Waals surface area contributed by atoms with Crippen molar-refractivity contribution in [3.05, 3.63) is 0 Å². The van der Waals surface area contributed by atoms with Crippen LogP contribution in [0, 0.1) is 0 Å². The molecule has 0 radical (unpaired) electrons. The van der Waals surface area contributed by atoms with Gasteiger partial charge < -0.3 is 14.2 Å².